The highest BCUT2D eigenvalue weighted by molar-refractivity contribution is 9.10. The first-order valence-corrected chi connectivity index (χ1v) is 14.5. The summed E-state index contributed by atoms with van der Waals surface area (Å²) in [4.78, 5) is 20.0. The van der Waals surface area contributed by atoms with Gasteiger partial charge in [-0.15, -0.1) is 0 Å². The van der Waals surface area contributed by atoms with E-state index in [1.165, 1.54) is 32.3 Å². The van der Waals surface area contributed by atoms with E-state index in [1.807, 2.05) is 48.5 Å². The Bertz CT molecular complexity index is 2150. The summed E-state index contributed by atoms with van der Waals surface area (Å²) in [5.41, 5.74) is 5.82. The molecule has 6 heteroatoms. The standard InChI is InChI=1S/C34H16Br2N4/c35-19-5-1-17(2-6-19)33-37-25-13-9-21-23-11-15-27-32-28(40-34(39-27)18-3-7-20(36)8-4-18)16-12-24(30(23)32)22-10-14-26(38-33)31(25)29(21)22/h1-16H. The van der Waals surface area contributed by atoms with Crippen molar-refractivity contribution in [3.63, 3.8) is 0 Å². The van der Waals surface area contributed by atoms with Crippen molar-refractivity contribution in [3.05, 3.63) is 106 Å². The summed E-state index contributed by atoms with van der Waals surface area (Å²) >= 11 is 7.05. The molecule has 0 amide bonds. The SMILES string of the molecule is Brc1ccc(-c2nc3ccc4c5ccc6nc(-c7ccc(Br)cc7)nc7ccc(c8ccc(n2)c3c48)c5c67)cc1. The maximum absolute atomic E-state index is 5.00. The fraction of sp³-hybridized carbons (Fsp3) is 0. The Balaban J connectivity index is 1.35. The van der Waals surface area contributed by atoms with Crippen molar-refractivity contribution >= 4 is 97.0 Å². The van der Waals surface area contributed by atoms with Crippen LogP contribution in [0.3, 0.4) is 0 Å². The van der Waals surface area contributed by atoms with Crippen LogP contribution in [0, 0.1) is 0 Å². The van der Waals surface area contributed by atoms with Crippen molar-refractivity contribution < 1.29 is 0 Å². The number of hydrogen-bond acceptors (Lipinski definition) is 4. The molecule has 2 aromatic heterocycles. The van der Waals surface area contributed by atoms with Crippen LogP contribution >= 0.6 is 31.9 Å². The second kappa shape index (κ2) is 8.13. The first kappa shape index (κ1) is 22.5. The van der Waals surface area contributed by atoms with E-state index in [1.54, 1.807) is 0 Å². The van der Waals surface area contributed by atoms with Gasteiger partial charge in [-0.1, -0.05) is 80.4 Å². The first-order chi connectivity index (χ1) is 19.6. The van der Waals surface area contributed by atoms with Crippen LogP contribution < -0.4 is 0 Å². The third-order valence-corrected chi connectivity index (χ3v) is 8.98. The predicted octanol–water partition coefficient (Wildman–Crippen LogP) is 9.92. The van der Waals surface area contributed by atoms with E-state index in [-0.39, 0.29) is 0 Å². The van der Waals surface area contributed by atoms with Gasteiger partial charge in [-0.2, -0.15) is 0 Å². The lowest BCUT2D eigenvalue weighted by Crippen LogP contribution is -1.97. The average molecular weight is 640 g/mol. The molecule has 186 valence electrons. The van der Waals surface area contributed by atoms with E-state index in [4.69, 9.17) is 19.9 Å². The number of benzene rings is 7. The fourth-order valence-electron chi connectivity index (χ4n) is 6.15. The second-order valence-electron chi connectivity index (χ2n) is 10.1. The normalized spacial score (nSPS) is 12.2. The predicted molar refractivity (Wildman–Crippen MR) is 171 cm³/mol. The summed E-state index contributed by atoms with van der Waals surface area (Å²) < 4.78 is 2.07. The molecule has 0 unspecified atom stereocenters. The molecule has 0 saturated carbocycles. The fourth-order valence-corrected chi connectivity index (χ4v) is 6.68. The Hall–Kier alpha value is -4.26. The lowest BCUT2D eigenvalue weighted by Gasteiger charge is -2.17. The van der Waals surface area contributed by atoms with Gasteiger partial charge in [0.05, 0.1) is 22.1 Å². The Labute approximate surface area is 244 Å². The maximum atomic E-state index is 5.00. The summed E-state index contributed by atoms with van der Waals surface area (Å²) in [5, 5.41) is 9.43. The molecular weight excluding hydrogens is 624 g/mol. The van der Waals surface area contributed by atoms with Crippen LogP contribution in [-0.4, -0.2) is 19.9 Å². The molecule has 0 bridgehead atoms. The lowest BCUT2D eigenvalue weighted by molar-refractivity contribution is 1.26. The highest BCUT2D eigenvalue weighted by atomic mass is 79.9. The Morgan fingerprint density at radius 1 is 0.325 bits per heavy atom. The van der Waals surface area contributed by atoms with Crippen molar-refractivity contribution in [2.75, 3.05) is 0 Å². The van der Waals surface area contributed by atoms with Gasteiger partial charge in [0.2, 0.25) is 0 Å². The van der Waals surface area contributed by atoms with Crippen LogP contribution in [0.25, 0.3) is 87.9 Å². The summed E-state index contributed by atoms with van der Waals surface area (Å²) in [5.74, 6) is 1.47. The maximum Gasteiger partial charge on any atom is 0.160 e. The third-order valence-electron chi connectivity index (χ3n) is 7.92. The van der Waals surface area contributed by atoms with Crippen molar-refractivity contribution in [1.82, 2.24) is 19.9 Å². The minimum absolute atomic E-state index is 0.735. The molecule has 0 saturated heterocycles. The average Bonchev–Trinajstić information content (AvgIpc) is 2.99. The molecule has 9 aromatic rings. The smallest absolute Gasteiger partial charge is 0.160 e. The monoisotopic (exact) mass is 638 g/mol. The number of fused-ring (bicyclic) bond motifs is 2. The third kappa shape index (κ3) is 3.12. The zero-order valence-electron chi connectivity index (χ0n) is 20.8. The Kier molecular flexibility index (Phi) is 4.58. The molecule has 9 rings (SSSR count). The molecule has 0 spiro atoms. The van der Waals surface area contributed by atoms with Gasteiger partial charge in [-0.25, -0.2) is 19.9 Å². The zero-order valence-corrected chi connectivity index (χ0v) is 24.0. The van der Waals surface area contributed by atoms with Crippen LogP contribution in [0.2, 0.25) is 0 Å². The van der Waals surface area contributed by atoms with Crippen molar-refractivity contribution in [1.29, 1.82) is 0 Å². The quantitative estimate of drug-likeness (QED) is 0.139. The van der Waals surface area contributed by atoms with Gasteiger partial charge in [0, 0.05) is 41.6 Å². The number of aromatic nitrogens is 4. The highest BCUT2D eigenvalue weighted by Crippen LogP contribution is 2.44. The van der Waals surface area contributed by atoms with E-state index >= 15 is 0 Å². The molecule has 0 radical (unpaired) electrons. The molecule has 2 heterocycles. The van der Waals surface area contributed by atoms with Gasteiger partial charge >= 0.3 is 0 Å². The van der Waals surface area contributed by atoms with Crippen LogP contribution in [-0.2, 0) is 0 Å². The van der Waals surface area contributed by atoms with Crippen molar-refractivity contribution in [3.8, 4) is 22.8 Å². The van der Waals surface area contributed by atoms with E-state index in [2.05, 4.69) is 80.4 Å². The van der Waals surface area contributed by atoms with Gasteiger partial charge in [0.15, 0.2) is 11.6 Å². The molecule has 4 nitrogen and oxygen atoms in total. The van der Waals surface area contributed by atoms with Crippen molar-refractivity contribution in [2.45, 2.75) is 0 Å². The number of rotatable bonds is 2. The molecule has 0 atom stereocenters. The van der Waals surface area contributed by atoms with Gasteiger partial charge in [0.1, 0.15) is 0 Å². The van der Waals surface area contributed by atoms with Crippen molar-refractivity contribution in [2.24, 2.45) is 0 Å². The van der Waals surface area contributed by atoms with E-state index in [0.29, 0.717) is 0 Å². The lowest BCUT2D eigenvalue weighted by atomic mass is 9.88. The van der Waals surface area contributed by atoms with E-state index in [9.17, 15) is 0 Å². The Morgan fingerprint density at radius 3 is 0.925 bits per heavy atom. The van der Waals surface area contributed by atoms with Gasteiger partial charge < -0.3 is 0 Å². The van der Waals surface area contributed by atoms with Crippen LogP contribution in [0.15, 0.2) is 106 Å². The molecule has 0 aliphatic heterocycles. The molecule has 0 fully saturated rings. The van der Waals surface area contributed by atoms with Crippen LogP contribution in [0.1, 0.15) is 0 Å². The van der Waals surface area contributed by atoms with E-state index in [0.717, 1.165) is 64.6 Å². The van der Waals surface area contributed by atoms with Gasteiger partial charge in [0.25, 0.3) is 0 Å². The molecule has 40 heavy (non-hydrogen) atoms. The highest BCUT2D eigenvalue weighted by Gasteiger charge is 2.20. The number of halogens is 2. The minimum atomic E-state index is 0.735. The summed E-state index contributed by atoms with van der Waals surface area (Å²) in [6, 6.07) is 33.7. The second-order valence-corrected chi connectivity index (χ2v) is 12.0. The molecular formula is C34H16Br2N4. The van der Waals surface area contributed by atoms with Gasteiger partial charge in [-0.3, -0.25) is 0 Å². The largest absolute Gasteiger partial charge is 0.228 e. The summed E-state index contributed by atoms with van der Waals surface area (Å²) in [6.45, 7) is 0. The summed E-state index contributed by atoms with van der Waals surface area (Å²) in [6.07, 6.45) is 0. The van der Waals surface area contributed by atoms with Gasteiger partial charge in [-0.05, 0) is 70.1 Å². The first-order valence-electron chi connectivity index (χ1n) is 13.0. The number of nitrogens with zero attached hydrogens (tertiary/aromatic N) is 4. The molecule has 0 aliphatic rings. The number of hydrogen-bond donors (Lipinski definition) is 0. The molecule has 7 aromatic carbocycles. The zero-order chi connectivity index (χ0) is 26.5. The molecule has 0 aliphatic carbocycles. The molecule has 0 N–H and O–H groups in total. The van der Waals surface area contributed by atoms with Crippen LogP contribution in [0.4, 0.5) is 0 Å². The summed E-state index contributed by atoms with van der Waals surface area (Å²) in [7, 11) is 0. The van der Waals surface area contributed by atoms with Crippen LogP contribution in [0.5, 0.6) is 0 Å². The topological polar surface area (TPSA) is 51.6 Å². The minimum Gasteiger partial charge on any atom is -0.228 e. The Morgan fingerprint density at radius 2 is 0.625 bits per heavy atom. The van der Waals surface area contributed by atoms with E-state index < -0.39 is 0 Å².